The lowest BCUT2D eigenvalue weighted by atomic mass is 10.2. The van der Waals surface area contributed by atoms with Crippen LogP contribution >= 0.6 is 11.6 Å². The SMILES string of the molecule is CN(C)c1ccc(Cl)cc1NCc1cnn(CCO)c1. The topological polar surface area (TPSA) is 53.3 Å². The molecular weight excluding hydrogens is 276 g/mol. The highest BCUT2D eigenvalue weighted by molar-refractivity contribution is 6.31. The molecule has 0 aliphatic carbocycles. The maximum Gasteiger partial charge on any atom is 0.0640 e. The maximum absolute atomic E-state index is 8.87. The molecule has 2 aromatic rings. The number of rotatable bonds is 6. The van der Waals surface area contributed by atoms with Gasteiger partial charge in [-0.25, -0.2) is 0 Å². The molecule has 1 aromatic heterocycles. The molecule has 0 radical (unpaired) electrons. The Balaban J connectivity index is 2.07. The van der Waals surface area contributed by atoms with Crippen molar-refractivity contribution in [1.82, 2.24) is 9.78 Å². The van der Waals surface area contributed by atoms with Gasteiger partial charge in [-0.05, 0) is 18.2 Å². The lowest BCUT2D eigenvalue weighted by Crippen LogP contribution is -2.12. The van der Waals surface area contributed by atoms with Crippen molar-refractivity contribution in [2.45, 2.75) is 13.1 Å². The summed E-state index contributed by atoms with van der Waals surface area (Å²) in [5.41, 5.74) is 3.12. The van der Waals surface area contributed by atoms with Crippen LogP contribution in [0.5, 0.6) is 0 Å². The van der Waals surface area contributed by atoms with Crippen molar-refractivity contribution in [3.05, 3.63) is 41.2 Å². The summed E-state index contributed by atoms with van der Waals surface area (Å²) in [6.07, 6.45) is 3.71. The van der Waals surface area contributed by atoms with Crippen LogP contribution in [0.15, 0.2) is 30.6 Å². The van der Waals surface area contributed by atoms with Crippen LogP contribution in [0.4, 0.5) is 11.4 Å². The van der Waals surface area contributed by atoms with E-state index in [1.54, 1.807) is 10.9 Å². The predicted molar refractivity (Wildman–Crippen MR) is 82.4 cm³/mol. The van der Waals surface area contributed by atoms with Crippen LogP contribution in [0, 0.1) is 0 Å². The molecule has 1 heterocycles. The number of aliphatic hydroxyl groups is 1. The van der Waals surface area contributed by atoms with Gasteiger partial charge in [0, 0.05) is 37.4 Å². The van der Waals surface area contributed by atoms with Crippen molar-refractivity contribution in [2.75, 3.05) is 30.9 Å². The lowest BCUT2D eigenvalue weighted by molar-refractivity contribution is 0.269. The fourth-order valence-electron chi connectivity index (χ4n) is 1.96. The monoisotopic (exact) mass is 294 g/mol. The van der Waals surface area contributed by atoms with Gasteiger partial charge in [-0.15, -0.1) is 0 Å². The molecule has 6 heteroatoms. The van der Waals surface area contributed by atoms with Gasteiger partial charge in [0.05, 0.1) is 30.7 Å². The molecule has 0 bridgehead atoms. The minimum absolute atomic E-state index is 0.0909. The molecule has 1 aromatic carbocycles. The highest BCUT2D eigenvalue weighted by Crippen LogP contribution is 2.28. The van der Waals surface area contributed by atoms with E-state index in [4.69, 9.17) is 16.7 Å². The van der Waals surface area contributed by atoms with Gasteiger partial charge < -0.3 is 15.3 Å². The maximum atomic E-state index is 8.87. The first-order valence-corrected chi connectivity index (χ1v) is 6.81. The van der Waals surface area contributed by atoms with Crippen LogP contribution in [0.2, 0.25) is 5.02 Å². The fourth-order valence-corrected chi connectivity index (χ4v) is 2.13. The zero-order chi connectivity index (χ0) is 14.5. The van der Waals surface area contributed by atoms with E-state index >= 15 is 0 Å². The normalized spacial score (nSPS) is 10.6. The number of hydrogen-bond acceptors (Lipinski definition) is 4. The minimum Gasteiger partial charge on any atom is -0.394 e. The van der Waals surface area contributed by atoms with Gasteiger partial charge in [-0.3, -0.25) is 4.68 Å². The molecule has 108 valence electrons. The van der Waals surface area contributed by atoms with Gasteiger partial charge in [-0.1, -0.05) is 11.6 Å². The summed E-state index contributed by atoms with van der Waals surface area (Å²) in [5, 5.41) is 17.1. The molecule has 20 heavy (non-hydrogen) atoms. The standard InChI is InChI=1S/C14H19ClN4O/c1-18(2)14-4-3-12(15)7-13(14)16-8-11-9-17-19(10-11)5-6-20/h3-4,7,9-10,16,20H,5-6,8H2,1-2H3. The molecule has 0 amide bonds. The summed E-state index contributed by atoms with van der Waals surface area (Å²) in [6, 6.07) is 5.77. The number of nitrogens with one attached hydrogen (secondary N) is 1. The third-order valence-electron chi connectivity index (χ3n) is 2.94. The molecule has 0 spiro atoms. The average molecular weight is 295 g/mol. The van der Waals surface area contributed by atoms with Gasteiger partial charge in [0.15, 0.2) is 0 Å². The molecule has 0 fully saturated rings. The van der Waals surface area contributed by atoms with Crippen LogP contribution in [0.1, 0.15) is 5.56 Å². The number of aromatic nitrogens is 2. The van der Waals surface area contributed by atoms with E-state index in [0.29, 0.717) is 18.1 Å². The molecular formula is C14H19ClN4O. The highest BCUT2D eigenvalue weighted by atomic mass is 35.5. The largest absolute Gasteiger partial charge is 0.394 e. The molecule has 0 atom stereocenters. The molecule has 0 aliphatic rings. The second-order valence-electron chi connectivity index (χ2n) is 4.74. The van der Waals surface area contributed by atoms with Gasteiger partial charge in [0.25, 0.3) is 0 Å². The second-order valence-corrected chi connectivity index (χ2v) is 5.18. The summed E-state index contributed by atoms with van der Waals surface area (Å²) in [7, 11) is 3.99. The highest BCUT2D eigenvalue weighted by Gasteiger charge is 2.06. The van der Waals surface area contributed by atoms with Crippen molar-refractivity contribution < 1.29 is 5.11 Å². The summed E-state index contributed by atoms with van der Waals surface area (Å²) < 4.78 is 1.72. The Hall–Kier alpha value is -1.72. The zero-order valence-corrected chi connectivity index (χ0v) is 12.4. The quantitative estimate of drug-likeness (QED) is 0.858. The van der Waals surface area contributed by atoms with Gasteiger partial charge in [0.1, 0.15) is 0 Å². The minimum atomic E-state index is 0.0909. The van der Waals surface area contributed by atoms with Gasteiger partial charge >= 0.3 is 0 Å². The van der Waals surface area contributed by atoms with E-state index in [1.807, 2.05) is 43.4 Å². The predicted octanol–water partition coefficient (Wildman–Crippen LogP) is 2.21. The Morgan fingerprint density at radius 1 is 1.40 bits per heavy atom. The number of hydrogen-bond donors (Lipinski definition) is 2. The summed E-state index contributed by atoms with van der Waals surface area (Å²) in [4.78, 5) is 2.04. The number of benzene rings is 1. The third kappa shape index (κ3) is 3.65. The molecule has 0 saturated heterocycles. The van der Waals surface area contributed by atoms with Crippen LogP contribution in [0.25, 0.3) is 0 Å². The van der Waals surface area contributed by atoms with Gasteiger partial charge in [0.2, 0.25) is 0 Å². The summed E-state index contributed by atoms with van der Waals surface area (Å²) in [6.45, 7) is 1.26. The fraction of sp³-hybridized carbons (Fsp3) is 0.357. The Morgan fingerprint density at radius 2 is 2.20 bits per heavy atom. The Kier molecular flexibility index (Phi) is 4.87. The second kappa shape index (κ2) is 6.63. The first-order chi connectivity index (χ1) is 9.60. The summed E-state index contributed by atoms with van der Waals surface area (Å²) >= 11 is 6.05. The Bertz CT molecular complexity index is 568. The van der Waals surface area contributed by atoms with Crippen LogP contribution < -0.4 is 10.2 Å². The first kappa shape index (κ1) is 14.7. The number of nitrogens with zero attached hydrogens (tertiary/aromatic N) is 3. The van der Waals surface area contributed by atoms with Crippen LogP contribution in [-0.4, -0.2) is 35.6 Å². The van der Waals surface area contributed by atoms with E-state index in [0.717, 1.165) is 16.9 Å². The zero-order valence-electron chi connectivity index (χ0n) is 11.7. The molecule has 0 unspecified atom stereocenters. The Labute approximate surface area is 123 Å². The van der Waals surface area contributed by atoms with E-state index in [-0.39, 0.29) is 6.61 Å². The van der Waals surface area contributed by atoms with E-state index in [1.165, 1.54) is 0 Å². The molecule has 2 N–H and O–H groups in total. The van der Waals surface area contributed by atoms with Crippen molar-refractivity contribution in [3.8, 4) is 0 Å². The molecule has 0 saturated carbocycles. The van der Waals surface area contributed by atoms with Crippen LogP contribution in [0.3, 0.4) is 0 Å². The van der Waals surface area contributed by atoms with E-state index in [9.17, 15) is 0 Å². The van der Waals surface area contributed by atoms with E-state index < -0.39 is 0 Å². The van der Waals surface area contributed by atoms with Crippen LogP contribution in [-0.2, 0) is 13.1 Å². The first-order valence-electron chi connectivity index (χ1n) is 6.43. The Morgan fingerprint density at radius 3 is 2.90 bits per heavy atom. The third-order valence-corrected chi connectivity index (χ3v) is 3.17. The number of halogens is 1. The molecule has 0 aliphatic heterocycles. The van der Waals surface area contributed by atoms with Crippen molar-refractivity contribution in [3.63, 3.8) is 0 Å². The molecule has 5 nitrogen and oxygen atoms in total. The van der Waals surface area contributed by atoms with Crippen molar-refractivity contribution in [2.24, 2.45) is 0 Å². The van der Waals surface area contributed by atoms with Gasteiger partial charge in [-0.2, -0.15) is 5.10 Å². The average Bonchev–Trinajstić information content (AvgIpc) is 2.84. The number of anilines is 2. The summed E-state index contributed by atoms with van der Waals surface area (Å²) in [5.74, 6) is 0. The lowest BCUT2D eigenvalue weighted by Gasteiger charge is -2.18. The van der Waals surface area contributed by atoms with Crippen molar-refractivity contribution >= 4 is 23.0 Å². The molecule has 2 rings (SSSR count). The van der Waals surface area contributed by atoms with Crippen molar-refractivity contribution in [1.29, 1.82) is 0 Å². The van der Waals surface area contributed by atoms with E-state index in [2.05, 4.69) is 10.4 Å². The number of aliphatic hydroxyl groups excluding tert-OH is 1. The smallest absolute Gasteiger partial charge is 0.0640 e.